The lowest BCUT2D eigenvalue weighted by Crippen LogP contribution is -2.32. The van der Waals surface area contributed by atoms with Crippen LogP contribution in [0.4, 0.5) is 0 Å². The molecular weight excluding hydrogens is 276 g/mol. The number of rotatable bonds is 8. The molecule has 0 aliphatic heterocycles. The maximum Gasteiger partial charge on any atom is 0.261 e. The minimum absolute atomic E-state index is 0.118. The Morgan fingerprint density at radius 3 is 2.65 bits per heavy atom. The molecule has 0 saturated carbocycles. The number of hydrogen-bond acceptors (Lipinski definition) is 4. The normalized spacial score (nSPS) is 12.2. The summed E-state index contributed by atoms with van der Waals surface area (Å²) in [7, 11) is 0. The second kappa shape index (κ2) is 8.71. The third-order valence-corrected chi connectivity index (χ3v) is 3.78. The molecule has 0 aliphatic carbocycles. The van der Waals surface area contributed by atoms with E-state index in [4.69, 9.17) is 0 Å². The average Bonchev–Trinajstić information content (AvgIpc) is 2.92. The molecule has 2 amide bonds. The lowest BCUT2D eigenvalue weighted by atomic mass is 10.0. The summed E-state index contributed by atoms with van der Waals surface area (Å²) in [5.74, 6) is -0.0764. The van der Waals surface area contributed by atoms with Crippen LogP contribution in [0.25, 0.3) is 0 Å². The molecule has 0 bridgehead atoms. The van der Waals surface area contributed by atoms with Gasteiger partial charge in [0.15, 0.2) is 0 Å². The lowest BCUT2D eigenvalue weighted by Gasteiger charge is -2.14. The van der Waals surface area contributed by atoms with E-state index in [0.29, 0.717) is 24.4 Å². The Bertz CT molecular complexity index is 418. The molecule has 1 heterocycles. The van der Waals surface area contributed by atoms with Crippen molar-refractivity contribution in [2.45, 2.75) is 32.8 Å². The van der Waals surface area contributed by atoms with Crippen molar-refractivity contribution >= 4 is 23.2 Å². The van der Waals surface area contributed by atoms with Crippen LogP contribution >= 0.6 is 11.3 Å². The second-order valence-electron chi connectivity index (χ2n) is 4.93. The molecule has 1 aromatic heterocycles. The van der Waals surface area contributed by atoms with E-state index in [1.54, 1.807) is 6.07 Å². The molecule has 0 aliphatic rings. The van der Waals surface area contributed by atoms with Crippen LogP contribution in [0.3, 0.4) is 0 Å². The minimum Gasteiger partial charge on any atom is -0.393 e. The Morgan fingerprint density at radius 2 is 2.05 bits per heavy atom. The monoisotopic (exact) mass is 298 g/mol. The van der Waals surface area contributed by atoms with Crippen LogP contribution < -0.4 is 10.6 Å². The number of hydrogen-bond donors (Lipinski definition) is 3. The van der Waals surface area contributed by atoms with Crippen molar-refractivity contribution in [1.29, 1.82) is 0 Å². The molecule has 6 heteroatoms. The molecule has 0 aromatic carbocycles. The first-order chi connectivity index (χ1) is 9.50. The summed E-state index contributed by atoms with van der Waals surface area (Å²) in [6, 6.07) is 3.56. The maximum absolute atomic E-state index is 11.6. The van der Waals surface area contributed by atoms with Gasteiger partial charge in [0, 0.05) is 19.5 Å². The van der Waals surface area contributed by atoms with Crippen molar-refractivity contribution in [3.8, 4) is 0 Å². The van der Waals surface area contributed by atoms with Crippen molar-refractivity contribution in [2.75, 3.05) is 13.1 Å². The summed E-state index contributed by atoms with van der Waals surface area (Å²) in [6.07, 6.45) is 0.397. The molecule has 1 atom stereocenters. The largest absolute Gasteiger partial charge is 0.393 e. The second-order valence-corrected chi connectivity index (χ2v) is 5.88. The lowest BCUT2D eigenvalue weighted by molar-refractivity contribution is -0.121. The quantitative estimate of drug-likeness (QED) is 0.678. The number of aliphatic hydroxyl groups excluding tert-OH is 1. The zero-order valence-corrected chi connectivity index (χ0v) is 12.7. The Kier molecular flexibility index (Phi) is 7.25. The van der Waals surface area contributed by atoms with E-state index in [-0.39, 0.29) is 24.2 Å². The molecule has 0 spiro atoms. The fourth-order valence-corrected chi connectivity index (χ4v) is 2.21. The molecule has 0 saturated heterocycles. The summed E-state index contributed by atoms with van der Waals surface area (Å²) in [5, 5.41) is 16.8. The van der Waals surface area contributed by atoms with Crippen LogP contribution in [-0.4, -0.2) is 36.1 Å². The van der Waals surface area contributed by atoms with Crippen molar-refractivity contribution in [2.24, 2.45) is 5.92 Å². The molecule has 1 aromatic rings. The Hall–Kier alpha value is -1.40. The highest BCUT2D eigenvalue weighted by molar-refractivity contribution is 7.12. The third kappa shape index (κ3) is 6.16. The van der Waals surface area contributed by atoms with E-state index in [1.807, 2.05) is 25.3 Å². The molecule has 5 nitrogen and oxygen atoms in total. The smallest absolute Gasteiger partial charge is 0.261 e. The summed E-state index contributed by atoms with van der Waals surface area (Å²) < 4.78 is 0. The number of thiophene rings is 1. The van der Waals surface area contributed by atoms with E-state index in [1.165, 1.54) is 11.3 Å². The molecule has 0 fully saturated rings. The first-order valence-corrected chi connectivity index (χ1v) is 7.65. The number of aliphatic hydroxyl groups is 1. The van der Waals surface area contributed by atoms with E-state index < -0.39 is 6.10 Å². The highest BCUT2D eigenvalue weighted by Gasteiger charge is 2.10. The van der Waals surface area contributed by atoms with Crippen molar-refractivity contribution < 1.29 is 14.7 Å². The molecule has 1 unspecified atom stereocenters. The van der Waals surface area contributed by atoms with Crippen molar-refractivity contribution in [1.82, 2.24) is 10.6 Å². The number of nitrogens with one attached hydrogen (secondary N) is 2. The Morgan fingerprint density at radius 1 is 1.30 bits per heavy atom. The van der Waals surface area contributed by atoms with Crippen LogP contribution in [0.2, 0.25) is 0 Å². The Balaban J connectivity index is 2.10. The van der Waals surface area contributed by atoms with E-state index >= 15 is 0 Å². The topological polar surface area (TPSA) is 78.4 Å². The first kappa shape index (κ1) is 16.7. The van der Waals surface area contributed by atoms with Gasteiger partial charge in [0.1, 0.15) is 0 Å². The van der Waals surface area contributed by atoms with E-state index in [2.05, 4.69) is 10.6 Å². The van der Waals surface area contributed by atoms with Gasteiger partial charge >= 0.3 is 0 Å². The minimum atomic E-state index is -0.395. The molecule has 0 radical (unpaired) electrons. The van der Waals surface area contributed by atoms with Gasteiger partial charge in [-0.15, -0.1) is 11.3 Å². The van der Waals surface area contributed by atoms with Crippen molar-refractivity contribution in [3.63, 3.8) is 0 Å². The van der Waals surface area contributed by atoms with Crippen LogP contribution in [-0.2, 0) is 4.79 Å². The van der Waals surface area contributed by atoms with Crippen LogP contribution in [0, 0.1) is 5.92 Å². The van der Waals surface area contributed by atoms with Gasteiger partial charge in [0.25, 0.3) is 5.91 Å². The highest BCUT2D eigenvalue weighted by atomic mass is 32.1. The summed E-state index contributed by atoms with van der Waals surface area (Å²) in [6.45, 7) is 4.64. The SMILES string of the molecule is CC(C)C(O)CCNC(=O)CCNC(=O)c1cccs1. The van der Waals surface area contributed by atoms with Crippen LogP contribution in [0.1, 0.15) is 36.4 Å². The van der Waals surface area contributed by atoms with Gasteiger partial charge in [-0.2, -0.15) is 0 Å². The molecular formula is C14H22N2O3S. The zero-order valence-electron chi connectivity index (χ0n) is 11.9. The predicted molar refractivity (Wildman–Crippen MR) is 79.7 cm³/mol. The fourth-order valence-electron chi connectivity index (χ4n) is 1.57. The van der Waals surface area contributed by atoms with Gasteiger partial charge in [0.2, 0.25) is 5.91 Å². The highest BCUT2D eigenvalue weighted by Crippen LogP contribution is 2.07. The Labute approximate surface area is 123 Å². The van der Waals surface area contributed by atoms with E-state index in [0.717, 1.165) is 0 Å². The van der Waals surface area contributed by atoms with Gasteiger partial charge in [-0.3, -0.25) is 9.59 Å². The third-order valence-electron chi connectivity index (χ3n) is 2.91. The van der Waals surface area contributed by atoms with E-state index in [9.17, 15) is 14.7 Å². The van der Waals surface area contributed by atoms with Crippen LogP contribution in [0.5, 0.6) is 0 Å². The summed E-state index contributed by atoms with van der Waals surface area (Å²) in [5.41, 5.74) is 0. The standard InChI is InChI=1S/C14H22N2O3S/c1-10(2)11(17)5-7-15-13(18)6-8-16-14(19)12-4-3-9-20-12/h3-4,9-11,17H,5-8H2,1-2H3,(H,15,18)(H,16,19). The first-order valence-electron chi connectivity index (χ1n) is 6.77. The molecule has 112 valence electrons. The molecule has 1 rings (SSSR count). The number of amides is 2. The van der Waals surface area contributed by atoms with Gasteiger partial charge < -0.3 is 15.7 Å². The van der Waals surface area contributed by atoms with Crippen molar-refractivity contribution in [3.05, 3.63) is 22.4 Å². The van der Waals surface area contributed by atoms with Gasteiger partial charge in [-0.25, -0.2) is 0 Å². The molecule has 3 N–H and O–H groups in total. The zero-order chi connectivity index (χ0) is 15.0. The predicted octanol–water partition coefficient (Wildman–Crippen LogP) is 1.39. The number of carbonyl (C=O) groups excluding carboxylic acids is 2. The van der Waals surface area contributed by atoms with Gasteiger partial charge in [0.05, 0.1) is 11.0 Å². The van der Waals surface area contributed by atoms with Crippen LogP contribution in [0.15, 0.2) is 17.5 Å². The maximum atomic E-state index is 11.6. The average molecular weight is 298 g/mol. The summed E-state index contributed by atoms with van der Waals surface area (Å²) >= 11 is 1.37. The molecule has 20 heavy (non-hydrogen) atoms. The van der Waals surface area contributed by atoms with Gasteiger partial charge in [-0.05, 0) is 23.8 Å². The van der Waals surface area contributed by atoms with Gasteiger partial charge in [-0.1, -0.05) is 19.9 Å². The fraction of sp³-hybridized carbons (Fsp3) is 0.571. The summed E-state index contributed by atoms with van der Waals surface area (Å²) in [4.78, 5) is 23.8. The number of carbonyl (C=O) groups is 2.